The van der Waals surface area contributed by atoms with E-state index in [1.165, 1.54) is 0 Å². The van der Waals surface area contributed by atoms with E-state index in [0.717, 1.165) is 32.0 Å². The number of aromatic nitrogens is 2. The molecule has 0 N–H and O–H groups in total. The Bertz CT molecular complexity index is 299. The van der Waals surface area contributed by atoms with Gasteiger partial charge in [-0.1, -0.05) is 13.8 Å². The Morgan fingerprint density at radius 3 is 2.73 bits per heavy atom. The second kappa shape index (κ2) is 6.35. The molecule has 0 unspecified atom stereocenters. The van der Waals surface area contributed by atoms with E-state index in [0.29, 0.717) is 0 Å². The average Bonchev–Trinajstić information content (AvgIpc) is 2.65. The first-order valence-corrected chi connectivity index (χ1v) is 5.47. The van der Waals surface area contributed by atoms with Crippen molar-refractivity contribution in [1.82, 2.24) is 14.5 Å². The van der Waals surface area contributed by atoms with Gasteiger partial charge in [0.2, 0.25) is 0 Å². The topological polar surface area (TPSA) is 33.4 Å². The molecule has 4 nitrogen and oxygen atoms in total. The van der Waals surface area contributed by atoms with Gasteiger partial charge in [0, 0.05) is 26.0 Å². The fourth-order valence-corrected chi connectivity index (χ4v) is 1.39. The molecule has 0 fully saturated rings. The Morgan fingerprint density at radius 2 is 2.20 bits per heavy atom. The molecule has 4 heteroatoms. The van der Waals surface area contributed by atoms with Crippen LogP contribution in [0, 0.1) is 0 Å². The SMILES string of the molecule is CCN(CC)CC/N=C/c1nccn1C. The maximum atomic E-state index is 4.36. The Kier molecular flexibility index (Phi) is 5.04. The summed E-state index contributed by atoms with van der Waals surface area (Å²) < 4.78 is 1.96. The maximum absolute atomic E-state index is 4.36. The summed E-state index contributed by atoms with van der Waals surface area (Å²) >= 11 is 0. The first-order valence-electron chi connectivity index (χ1n) is 5.47. The molecule has 0 radical (unpaired) electrons. The Morgan fingerprint density at radius 1 is 1.47 bits per heavy atom. The van der Waals surface area contributed by atoms with Crippen LogP contribution in [0.1, 0.15) is 19.7 Å². The summed E-state index contributed by atoms with van der Waals surface area (Å²) in [6.45, 7) is 8.39. The molecular weight excluding hydrogens is 188 g/mol. The lowest BCUT2D eigenvalue weighted by atomic mass is 10.5. The van der Waals surface area contributed by atoms with Crippen LogP contribution in [-0.2, 0) is 7.05 Å². The van der Waals surface area contributed by atoms with Gasteiger partial charge in [0.15, 0.2) is 0 Å². The summed E-state index contributed by atoms with van der Waals surface area (Å²) in [5, 5.41) is 0. The van der Waals surface area contributed by atoms with Gasteiger partial charge in [-0.2, -0.15) is 0 Å². The number of hydrogen-bond donors (Lipinski definition) is 0. The van der Waals surface area contributed by atoms with Gasteiger partial charge in [-0.25, -0.2) is 4.98 Å². The quantitative estimate of drug-likeness (QED) is 0.658. The van der Waals surface area contributed by atoms with E-state index >= 15 is 0 Å². The summed E-state index contributed by atoms with van der Waals surface area (Å²) in [5.41, 5.74) is 0. The van der Waals surface area contributed by atoms with Crippen LogP contribution in [0.3, 0.4) is 0 Å². The molecule has 0 saturated carbocycles. The van der Waals surface area contributed by atoms with Gasteiger partial charge in [-0.15, -0.1) is 0 Å². The fourth-order valence-electron chi connectivity index (χ4n) is 1.39. The first-order chi connectivity index (χ1) is 7.27. The molecule has 0 aliphatic carbocycles. The van der Waals surface area contributed by atoms with Gasteiger partial charge in [0.05, 0.1) is 12.8 Å². The molecule has 1 aromatic rings. The summed E-state index contributed by atoms with van der Waals surface area (Å²) in [5.74, 6) is 0.912. The molecule has 1 heterocycles. The minimum atomic E-state index is 0.842. The van der Waals surface area contributed by atoms with Crippen molar-refractivity contribution in [3.63, 3.8) is 0 Å². The van der Waals surface area contributed by atoms with Crippen molar-refractivity contribution in [3.8, 4) is 0 Å². The predicted octanol–water partition coefficient (Wildman–Crippen LogP) is 1.18. The van der Waals surface area contributed by atoms with Crippen LogP contribution in [0.2, 0.25) is 0 Å². The van der Waals surface area contributed by atoms with Crippen LogP contribution in [-0.4, -0.2) is 46.8 Å². The average molecular weight is 208 g/mol. The van der Waals surface area contributed by atoms with Crippen LogP contribution >= 0.6 is 0 Å². The third-order valence-electron chi connectivity index (χ3n) is 2.50. The molecule has 0 aliphatic heterocycles. The van der Waals surface area contributed by atoms with Crippen LogP contribution in [0.15, 0.2) is 17.4 Å². The van der Waals surface area contributed by atoms with E-state index in [9.17, 15) is 0 Å². The van der Waals surface area contributed by atoms with Gasteiger partial charge in [-0.3, -0.25) is 4.99 Å². The highest BCUT2D eigenvalue weighted by Gasteiger charge is 1.96. The minimum absolute atomic E-state index is 0.842. The fraction of sp³-hybridized carbons (Fsp3) is 0.636. The molecule has 0 spiro atoms. The lowest BCUT2D eigenvalue weighted by Crippen LogP contribution is -2.25. The molecular formula is C11H20N4. The second-order valence-corrected chi connectivity index (χ2v) is 3.46. The summed E-state index contributed by atoms with van der Waals surface area (Å²) in [7, 11) is 1.97. The number of aryl methyl sites for hydroxylation is 1. The normalized spacial score (nSPS) is 11.7. The predicted molar refractivity (Wildman–Crippen MR) is 63.5 cm³/mol. The van der Waals surface area contributed by atoms with Crippen LogP contribution in [0.5, 0.6) is 0 Å². The number of aliphatic imine (C=N–C) groups is 1. The largest absolute Gasteiger partial charge is 0.333 e. The van der Waals surface area contributed by atoms with Gasteiger partial charge < -0.3 is 9.47 Å². The van der Waals surface area contributed by atoms with Crippen LogP contribution in [0.25, 0.3) is 0 Å². The molecule has 0 saturated heterocycles. The number of likely N-dealkylation sites (N-methyl/N-ethyl adjacent to an activating group) is 1. The van der Waals surface area contributed by atoms with Gasteiger partial charge in [0.1, 0.15) is 5.82 Å². The van der Waals surface area contributed by atoms with Gasteiger partial charge in [0.25, 0.3) is 0 Å². The summed E-state index contributed by atoms with van der Waals surface area (Å²) in [6.07, 6.45) is 5.54. The zero-order valence-electron chi connectivity index (χ0n) is 9.85. The van der Waals surface area contributed by atoms with Crippen molar-refractivity contribution in [2.24, 2.45) is 12.0 Å². The van der Waals surface area contributed by atoms with E-state index in [-0.39, 0.29) is 0 Å². The molecule has 84 valence electrons. The third-order valence-corrected chi connectivity index (χ3v) is 2.50. The smallest absolute Gasteiger partial charge is 0.150 e. The number of rotatable bonds is 6. The van der Waals surface area contributed by atoms with Crippen molar-refractivity contribution in [2.75, 3.05) is 26.2 Å². The number of nitrogens with zero attached hydrogens (tertiary/aromatic N) is 4. The molecule has 1 aromatic heterocycles. The van der Waals surface area contributed by atoms with E-state index in [1.807, 2.05) is 24.0 Å². The lowest BCUT2D eigenvalue weighted by molar-refractivity contribution is 0.313. The Hall–Kier alpha value is -1.16. The van der Waals surface area contributed by atoms with Crippen molar-refractivity contribution in [1.29, 1.82) is 0 Å². The highest BCUT2D eigenvalue weighted by atomic mass is 15.1. The van der Waals surface area contributed by atoms with E-state index in [4.69, 9.17) is 0 Å². The number of imidazole rings is 1. The zero-order valence-corrected chi connectivity index (χ0v) is 9.85. The Labute approximate surface area is 91.6 Å². The molecule has 0 bridgehead atoms. The highest BCUT2D eigenvalue weighted by molar-refractivity contribution is 5.74. The standard InChI is InChI=1S/C11H20N4/c1-4-15(5-2)9-6-12-10-11-13-7-8-14(11)3/h7-8,10H,4-6,9H2,1-3H3/b12-10+. The second-order valence-electron chi connectivity index (χ2n) is 3.46. The van der Waals surface area contributed by atoms with Crippen molar-refractivity contribution in [2.45, 2.75) is 13.8 Å². The Balaban J connectivity index is 2.31. The van der Waals surface area contributed by atoms with Gasteiger partial charge >= 0.3 is 0 Å². The molecule has 1 rings (SSSR count). The van der Waals surface area contributed by atoms with Gasteiger partial charge in [-0.05, 0) is 13.1 Å². The van der Waals surface area contributed by atoms with E-state index in [1.54, 1.807) is 6.20 Å². The van der Waals surface area contributed by atoms with Crippen molar-refractivity contribution < 1.29 is 0 Å². The van der Waals surface area contributed by atoms with Crippen LogP contribution < -0.4 is 0 Å². The maximum Gasteiger partial charge on any atom is 0.150 e. The van der Waals surface area contributed by atoms with Crippen LogP contribution in [0.4, 0.5) is 0 Å². The molecule has 0 atom stereocenters. The molecule has 0 aliphatic rings. The minimum Gasteiger partial charge on any atom is -0.333 e. The first kappa shape index (κ1) is 11.9. The molecule has 0 amide bonds. The third kappa shape index (κ3) is 3.83. The highest BCUT2D eigenvalue weighted by Crippen LogP contribution is 1.90. The van der Waals surface area contributed by atoms with E-state index < -0.39 is 0 Å². The zero-order chi connectivity index (χ0) is 11.1. The summed E-state index contributed by atoms with van der Waals surface area (Å²) in [4.78, 5) is 10.9. The van der Waals surface area contributed by atoms with E-state index in [2.05, 4.69) is 28.7 Å². The molecule has 0 aromatic carbocycles. The summed E-state index contributed by atoms with van der Waals surface area (Å²) in [6, 6.07) is 0. The molecule has 15 heavy (non-hydrogen) atoms. The monoisotopic (exact) mass is 208 g/mol. The van der Waals surface area contributed by atoms with Crippen molar-refractivity contribution >= 4 is 6.21 Å². The number of hydrogen-bond acceptors (Lipinski definition) is 3. The lowest BCUT2D eigenvalue weighted by Gasteiger charge is -2.15. The van der Waals surface area contributed by atoms with Crippen molar-refractivity contribution in [3.05, 3.63) is 18.2 Å².